The third-order valence-corrected chi connectivity index (χ3v) is 6.70. The average molecular weight is 412 g/mol. The number of likely N-dealkylation sites (tertiary alicyclic amines) is 1. The van der Waals surface area contributed by atoms with Crippen molar-refractivity contribution in [3.63, 3.8) is 0 Å². The van der Waals surface area contributed by atoms with E-state index in [4.69, 9.17) is 4.74 Å². The van der Waals surface area contributed by atoms with Gasteiger partial charge in [0, 0.05) is 18.4 Å². The quantitative estimate of drug-likeness (QED) is 0.420. The highest BCUT2D eigenvalue weighted by Crippen LogP contribution is 2.46. The molecule has 5 nitrogen and oxygen atoms in total. The van der Waals surface area contributed by atoms with E-state index in [1.54, 1.807) is 18.2 Å². The highest BCUT2D eigenvalue weighted by atomic mass is 16.5. The number of ether oxygens (including phenoxy) is 1. The standard InChI is InChI=1S/C25H33NO4/c1-3-4-15-25(16-5-17-25)22(27)12-10-21-11-13-23(28)26(21)18-14-19-6-8-20(9-7-19)24(29)30-2/h6-10,12,21H,3-5,11,13-18H2,1-2H3/t21-/m0/s1. The molecular weight excluding hydrogens is 378 g/mol. The molecule has 1 atom stereocenters. The van der Waals surface area contributed by atoms with Crippen molar-refractivity contribution in [3.05, 3.63) is 47.5 Å². The molecule has 1 aliphatic heterocycles. The van der Waals surface area contributed by atoms with Gasteiger partial charge in [-0.3, -0.25) is 9.59 Å². The zero-order valence-corrected chi connectivity index (χ0v) is 18.2. The molecule has 30 heavy (non-hydrogen) atoms. The summed E-state index contributed by atoms with van der Waals surface area (Å²) in [5, 5.41) is 0. The largest absolute Gasteiger partial charge is 0.465 e. The number of carbonyl (C=O) groups excluding carboxylic acids is 3. The third-order valence-electron chi connectivity index (χ3n) is 6.70. The second-order valence-electron chi connectivity index (χ2n) is 8.59. The Morgan fingerprint density at radius 1 is 1.23 bits per heavy atom. The molecule has 162 valence electrons. The summed E-state index contributed by atoms with van der Waals surface area (Å²) in [4.78, 5) is 38.7. The number of ketones is 1. The molecule has 3 rings (SSSR count). The Bertz CT molecular complexity index is 792. The van der Waals surface area contributed by atoms with E-state index in [2.05, 4.69) is 6.92 Å². The predicted octanol–water partition coefficient (Wildman–Crippen LogP) is 4.49. The molecule has 1 heterocycles. The highest BCUT2D eigenvalue weighted by molar-refractivity contribution is 5.95. The lowest BCUT2D eigenvalue weighted by molar-refractivity contribution is -0.130. The fourth-order valence-corrected chi connectivity index (χ4v) is 4.53. The van der Waals surface area contributed by atoms with Gasteiger partial charge in [-0.15, -0.1) is 0 Å². The summed E-state index contributed by atoms with van der Waals surface area (Å²) in [6.45, 7) is 2.78. The van der Waals surface area contributed by atoms with Crippen molar-refractivity contribution in [1.29, 1.82) is 0 Å². The number of carbonyl (C=O) groups is 3. The third kappa shape index (κ3) is 5.00. The number of benzene rings is 1. The number of esters is 1. The van der Waals surface area contributed by atoms with Crippen molar-refractivity contribution in [2.45, 2.75) is 70.8 Å². The van der Waals surface area contributed by atoms with Gasteiger partial charge in [0.1, 0.15) is 0 Å². The second-order valence-corrected chi connectivity index (χ2v) is 8.59. The Labute approximate surface area is 179 Å². The van der Waals surface area contributed by atoms with Crippen molar-refractivity contribution >= 4 is 17.7 Å². The van der Waals surface area contributed by atoms with Crippen molar-refractivity contribution in [2.24, 2.45) is 5.41 Å². The predicted molar refractivity (Wildman–Crippen MR) is 116 cm³/mol. The summed E-state index contributed by atoms with van der Waals surface area (Å²) in [5.74, 6) is 0.0434. The van der Waals surface area contributed by atoms with Gasteiger partial charge in [-0.2, -0.15) is 0 Å². The Morgan fingerprint density at radius 3 is 2.57 bits per heavy atom. The number of rotatable bonds is 10. The topological polar surface area (TPSA) is 63.7 Å². The van der Waals surface area contributed by atoms with Crippen LogP contribution in [0.15, 0.2) is 36.4 Å². The fraction of sp³-hybridized carbons (Fsp3) is 0.560. The van der Waals surface area contributed by atoms with Crippen LogP contribution in [0.1, 0.15) is 74.2 Å². The molecule has 1 amide bonds. The number of unbranched alkanes of at least 4 members (excludes halogenated alkanes) is 1. The van der Waals surface area contributed by atoms with E-state index in [-0.39, 0.29) is 29.1 Å². The van der Waals surface area contributed by atoms with Crippen molar-refractivity contribution in [2.75, 3.05) is 13.7 Å². The van der Waals surface area contributed by atoms with Crippen LogP contribution in [0.4, 0.5) is 0 Å². The minimum absolute atomic E-state index is 0.000839. The number of amides is 1. The molecule has 0 bridgehead atoms. The van der Waals surface area contributed by atoms with Crippen LogP contribution < -0.4 is 0 Å². The number of nitrogens with zero attached hydrogens (tertiary/aromatic N) is 1. The van der Waals surface area contributed by atoms with Crippen LogP contribution in [0.3, 0.4) is 0 Å². The van der Waals surface area contributed by atoms with E-state index in [0.29, 0.717) is 24.9 Å². The molecule has 0 N–H and O–H groups in total. The number of hydrogen-bond acceptors (Lipinski definition) is 4. The molecule has 0 radical (unpaired) electrons. The molecular formula is C25H33NO4. The number of hydrogen-bond donors (Lipinski definition) is 0. The molecule has 1 aromatic rings. The van der Waals surface area contributed by atoms with Gasteiger partial charge in [0.2, 0.25) is 5.91 Å². The molecule has 0 aromatic heterocycles. The van der Waals surface area contributed by atoms with Gasteiger partial charge in [0.15, 0.2) is 5.78 Å². The van der Waals surface area contributed by atoms with Crippen molar-refractivity contribution in [1.82, 2.24) is 4.90 Å². The SMILES string of the molecule is CCCCC1(C(=O)C=C[C@H]2CCC(=O)N2CCc2ccc(C(=O)OC)cc2)CCC1. The molecule has 1 saturated carbocycles. The Balaban J connectivity index is 1.58. The molecule has 0 unspecified atom stereocenters. The van der Waals surface area contributed by atoms with Gasteiger partial charge in [0.25, 0.3) is 0 Å². The molecule has 1 aliphatic carbocycles. The van der Waals surface area contributed by atoms with E-state index in [1.807, 2.05) is 23.1 Å². The summed E-state index contributed by atoms with van der Waals surface area (Å²) in [7, 11) is 1.37. The summed E-state index contributed by atoms with van der Waals surface area (Å²) < 4.78 is 4.72. The van der Waals surface area contributed by atoms with Gasteiger partial charge in [0.05, 0.1) is 18.7 Å². The smallest absolute Gasteiger partial charge is 0.337 e. The molecule has 2 fully saturated rings. The van der Waals surface area contributed by atoms with Gasteiger partial charge >= 0.3 is 5.97 Å². The zero-order chi connectivity index (χ0) is 21.6. The van der Waals surface area contributed by atoms with Crippen LogP contribution in [0.2, 0.25) is 0 Å². The molecule has 5 heteroatoms. The summed E-state index contributed by atoms with van der Waals surface area (Å²) in [6.07, 6.45) is 12.1. The fourth-order valence-electron chi connectivity index (χ4n) is 4.53. The lowest BCUT2D eigenvalue weighted by Gasteiger charge is -2.40. The van der Waals surface area contributed by atoms with Crippen molar-refractivity contribution < 1.29 is 19.1 Å². The van der Waals surface area contributed by atoms with E-state index in [1.165, 1.54) is 7.11 Å². The van der Waals surface area contributed by atoms with E-state index < -0.39 is 0 Å². The Morgan fingerprint density at radius 2 is 1.97 bits per heavy atom. The first kappa shape index (κ1) is 22.3. The van der Waals surface area contributed by atoms with Crippen LogP contribution >= 0.6 is 0 Å². The second kappa shape index (κ2) is 10.1. The van der Waals surface area contributed by atoms with Crippen LogP contribution in [-0.4, -0.2) is 42.3 Å². The summed E-state index contributed by atoms with van der Waals surface area (Å²) in [6, 6.07) is 7.29. The van der Waals surface area contributed by atoms with Gasteiger partial charge in [-0.05, 0) is 55.9 Å². The van der Waals surface area contributed by atoms with Crippen LogP contribution in [0, 0.1) is 5.41 Å². The maximum Gasteiger partial charge on any atom is 0.337 e. The van der Waals surface area contributed by atoms with Gasteiger partial charge < -0.3 is 9.64 Å². The van der Waals surface area contributed by atoms with E-state index in [9.17, 15) is 14.4 Å². The lowest BCUT2D eigenvalue weighted by Crippen LogP contribution is -2.37. The minimum atomic E-state index is -0.352. The Kier molecular flexibility index (Phi) is 7.46. The van der Waals surface area contributed by atoms with Gasteiger partial charge in [-0.1, -0.05) is 44.4 Å². The van der Waals surface area contributed by atoms with Crippen LogP contribution in [-0.2, 0) is 20.7 Å². The Hall–Kier alpha value is -2.43. The summed E-state index contributed by atoms with van der Waals surface area (Å²) in [5.41, 5.74) is 1.45. The maximum atomic E-state index is 12.9. The maximum absolute atomic E-state index is 12.9. The zero-order valence-electron chi connectivity index (χ0n) is 18.2. The first-order valence-corrected chi connectivity index (χ1v) is 11.2. The minimum Gasteiger partial charge on any atom is -0.465 e. The average Bonchev–Trinajstić information content (AvgIpc) is 3.09. The van der Waals surface area contributed by atoms with E-state index in [0.717, 1.165) is 50.5 Å². The first-order valence-electron chi connectivity index (χ1n) is 11.2. The first-order chi connectivity index (χ1) is 14.5. The molecule has 0 spiro atoms. The van der Waals surface area contributed by atoms with Crippen LogP contribution in [0.5, 0.6) is 0 Å². The number of methoxy groups -OCH3 is 1. The molecule has 2 aliphatic rings. The monoisotopic (exact) mass is 411 g/mol. The summed E-state index contributed by atoms with van der Waals surface area (Å²) >= 11 is 0. The normalized spacial score (nSPS) is 20.4. The highest BCUT2D eigenvalue weighted by Gasteiger charge is 2.41. The molecule has 1 aromatic carbocycles. The lowest BCUT2D eigenvalue weighted by atomic mass is 9.63. The van der Waals surface area contributed by atoms with E-state index >= 15 is 0 Å². The van der Waals surface area contributed by atoms with Crippen LogP contribution in [0.25, 0.3) is 0 Å². The number of allylic oxidation sites excluding steroid dienone is 1. The van der Waals surface area contributed by atoms with Gasteiger partial charge in [-0.25, -0.2) is 4.79 Å². The molecule has 1 saturated heterocycles. The van der Waals surface area contributed by atoms with Crippen molar-refractivity contribution in [3.8, 4) is 0 Å².